The molecule has 0 saturated carbocycles. The summed E-state index contributed by atoms with van der Waals surface area (Å²) < 4.78 is 22.0. The van der Waals surface area contributed by atoms with Gasteiger partial charge in [0, 0.05) is 24.7 Å². The third kappa shape index (κ3) is 4.47. The van der Waals surface area contributed by atoms with E-state index in [1.807, 2.05) is 24.3 Å². The summed E-state index contributed by atoms with van der Waals surface area (Å²) >= 11 is 0. The second kappa shape index (κ2) is 8.60. The van der Waals surface area contributed by atoms with Crippen molar-refractivity contribution in [3.05, 3.63) is 66.5 Å². The number of ether oxygens (including phenoxy) is 1. The van der Waals surface area contributed by atoms with Gasteiger partial charge in [0.2, 0.25) is 12.3 Å². The Labute approximate surface area is 172 Å². The van der Waals surface area contributed by atoms with Gasteiger partial charge in [-0.05, 0) is 29.3 Å². The highest BCUT2D eigenvalue weighted by atomic mass is 19.1. The third-order valence-electron chi connectivity index (χ3n) is 4.92. The van der Waals surface area contributed by atoms with Crippen LogP contribution in [0, 0.1) is 5.82 Å². The van der Waals surface area contributed by atoms with Crippen molar-refractivity contribution in [2.75, 3.05) is 18.0 Å². The molecule has 0 spiro atoms. The Kier molecular flexibility index (Phi) is 5.73. The van der Waals surface area contributed by atoms with Crippen LogP contribution in [0.15, 0.2) is 55.1 Å². The van der Waals surface area contributed by atoms with Crippen LogP contribution in [0.5, 0.6) is 0 Å². The maximum atomic E-state index is 14.8. The number of nitrogens with one attached hydrogen (secondary N) is 1. The number of rotatable bonds is 6. The molecule has 1 aliphatic rings. The molecule has 1 unspecified atom stereocenters. The average Bonchev–Trinajstić information content (AvgIpc) is 3.36. The van der Waals surface area contributed by atoms with Crippen LogP contribution in [-0.4, -0.2) is 51.4 Å². The van der Waals surface area contributed by atoms with Gasteiger partial charge in [0.25, 0.3) is 0 Å². The van der Waals surface area contributed by atoms with E-state index in [0.717, 1.165) is 11.1 Å². The van der Waals surface area contributed by atoms with Gasteiger partial charge < -0.3 is 20.1 Å². The van der Waals surface area contributed by atoms with Crippen molar-refractivity contribution in [2.45, 2.75) is 26.0 Å². The Balaban J connectivity index is 1.46. The van der Waals surface area contributed by atoms with Crippen molar-refractivity contribution in [1.82, 2.24) is 20.1 Å². The molecule has 1 saturated heterocycles. The fourth-order valence-corrected chi connectivity index (χ4v) is 3.41. The van der Waals surface area contributed by atoms with Gasteiger partial charge in [-0.25, -0.2) is 14.1 Å². The van der Waals surface area contributed by atoms with Gasteiger partial charge in [0.15, 0.2) is 0 Å². The zero-order valence-corrected chi connectivity index (χ0v) is 16.4. The van der Waals surface area contributed by atoms with Crippen LogP contribution in [0.1, 0.15) is 12.5 Å². The van der Waals surface area contributed by atoms with Crippen molar-refractivity contribution < 1.29 is 19.0 Å². The Morgan fingerprint density at radius 1 is 1.30 bits per heavy atom. The quantitative estimate of drug-likeness (QED) is 0.642. The summed E-state index contributed by atoms with van der Waals surface area (Å²) in [6.45, 7) is 2.63. The third-order valence-corrected chi connectivity index (χ3v) is 4.92. The first kappa shape index (κ1) is 20.0. The maximum Gasteiger partial charge on any atom is 0.238 e. The molecule has 0 aliphatic carbocycles. The molecule has 1 fully saturated rings. The summed E-state index contributed by atoms with van der Waals surface area (Å²) in [6.07, 6.45) is 1.56. The summed E-state index contributed by atoms with van der Waals surface area (Å²) in [5.74, 6) is -0.566. The van der Waals surface area contributed by atoms with Crippen LogP contribution in [0.3, 0.4) is 0 Å². The first-order valence-electron chi connectivity index (χ1n) is 9.55. The first-order valence-corrected chi connectivity index (χ1v) is 9.55. The second-order valence-corrected chi connectivity index (χ2v) is 7.13. The van der Waals surface area contributed by atoms with Crippen LogP contribution < -0.4 is 10.2 Å². The summed E-state index contributed by atoms with van der Waals surface area (Å²) in [5, 5.41) is 16.9. The molecule has 30 heavy (non-hydrogen) atoms. The number of benzene rings is 2. The predicted molar refractivity (Wildman–Crippen MR) is 108 cm³/mol. The Bertz CT molecular complexity index is 1010. The number of carbonyl (C=O) groups excluding carboxylic acids is 1. The topological polar surface area (TPSA) is 92.5 Å². The Hall–Kier alpha value is -3.30. The van der Waals surface area contributed by atoms with Gasteiger partial charge in [0.05, 0.1) is 19.2 Å². The molecular weight excluding hydrogens is 389 g/mol. The van der Waals surface area contributed by atoms with Crippen molar-refractivity contribution in [2.24, 2.45) is 0 Å². The van der Waals surface area contributed by atoms with Gasteiger partial charge in [-0.1, -0.05) is 24.3 Å². The van der Waals surface area contributed by atoms with Gasteiger partial charge >= 0.3 is 0 Å². The molecule has 2 atom stereocenters. The fourth-order valence-electron chi connectivity index (χ4n) is 3.41. The normalized spacial score (nSPS) is 18.6. The number of aliphatic hydroxyl groups excluding tert-OH is 1. The van der Waals surface area contributed by atoms with Crippen LogP contribution >= 0.6 is 0 Å². The van der Waals surface area contributed by atoms with Crippen molar-refractivity contribution >= 4 is 11.6 Å². The van der Waals surface area contributed by atoms with Crippen molar-refractivity contribution in [1.29, 1.82) is 0 Å². The molecule has 2 heterocycles. The molecular formula is C21H22FN5O3. The van der Waals surface area contributed by atoms with Crippen molar-refractivity contribution in [3.63, 3.8) is 0 Å². The predicted octanol–water partition coefficient (Wildman–Crippen LogP) is 1.75. The lowest BCUT2D eigenvalue weighted by Gasteiger charge is -2.21. The molecule has 156 valence electrons. The van der Waals surface area contributed by atoms with E-state index in [9.17, 15) is 14.3 Å². The number of halogens is 1. The number of carbonyl (C=O) groups is 1. The lowest BCUT2D eigenvalue weighted by Crippen LogP contribution is -2.33. The van der Waals surface area contributed by atoms with Gasteiger partial charge in [-0.2, -0.15) is 5.10 Å². The van der Waals surface area contributed by atoms with Crippen molar-refractivity contribution in [3.8, 4) is 11.1 Å². The summed E-state index contributed by atoms with van der Waals surface area (Å²) in [5.41, 5.74) is 2.76. The monoisotopic (exact) mass is 411 g/mol. The Morgan fingerprint density at radius 3 is 2.77 bits per heavy atom. The number of hydrogen-bond acceptors (Lipinski definition) is 6. The molecule has 1 aliphatic heterocycles. The smallest absolute Gasteiger partial charge is 0.238 e. The average molecular weight is 411 g/mol. The molecule has 0 bridgehead atoms. The van der Waals surface area contributed by atoms with Gasteiger partial charge in [-0.3, -0.25) is 4.79 Å². The lowest BCUT2D eigenvalue weighted by atomic mass is 10.0. The molecule has 1 amide bonds. The molecule has 2 N–H and O–H groups in total. The molecule has 0 radical (unpaired) electrons. The van der Waals surface area contributed by atoms with E-state index in [2.05, 4.69) is 15.4 Å². The highest BCUT2D eigenvalue weighted by Crippen LogP contribution is 2.30. The van der Waals surface area contributed by atoms with E-state index >= 15 is 0 Å². The van der Waals surface area contributed by atoms with Gasteiger partial charge in [-0.15, -0.1) is 0 Å². The minimum absolute atomic E-state index is 0.172. The fraction of sp³-hybridized carbons (Fsp3) is 0.286. The minimum atomic E-state index is -1.19. The van der Waals surface area contributed by atoms with Crippen LogP contribution in [0.4, 0.5) is 10.1 Å². The number of hydrogen-bond donors (Lipinski definition) is 2. The number of amides is 1. The maximum absolute atomic E-state index is 14.8. The van der Waals surface area contributed by atoms with E-state index in [1.54, 1.807) is 28.0 Å². The molecule has 4 rings (SSSR count). The molecule has 2 aromatic carbocycles. The molecule has 1 aromatic heterocycles. The van der Waals surface area contributed by atoms with E-state index in [1.165, 1.54) is 19.3 Å². The summed E-state index contributed by atoms with van der Waals surface area (Å²) in [4.78, 5) is 16.5. The summed E-state index contributed by atoms with van der Waals surface area (Å²) in [7, 11) is 0. The van der Waals surface area contributed by atoms with E-state index in [4.69, 9.17) is 4.74 Å². The van der Waals surface area contributed by atoms with E-state index in [-0.39, 0.29) is 18.6 Å². The van der Waals surface area contributed by atoms with E-state index < -0.39 is 12.2 Å². The van der Waals surface area contributed by atoms with Crippen LogP contribution in [0.2, 0.25) is 0 Å². The van der Waals surface area contributed by atoms with Crippen LogP contribution in [0.25, 0.3) is 11.1 Å². The second-order valence-electron chi connectivity index (χ2n) is 7.13. The largest absolute Gasteiger partial charge is 0.354 e. The minimum Gasteiger partial charge on any atom is -0.354 e. The SMILES string of the molecule is CC(=O)NC[C@H]1CN(c2ccc(-c3ccc(Cn4cncn4)cc3)c(F)c2)C(O)O1. The Morgan fingerprint density at radius 2 is 2.10 bits per heavy atom. The standard InChI is InChI=1S/C21H22FN5O3/c1-14(28)24-9-18-11-27(21(29)30-18)17-6-7-19(20(22)8-17)16-4-2-15(3-5-16)10-26-13-23-12-25-26/h2-8,12-13,18,21,29H,9-11H2,1H3,(H,24,28)/t18-,21?/m0/s1. The number of aliphatic hydroxyl groups is 1. The van der Waals surface area contributed by atoms with Gasteiger partial charge in [0.1, 0.15) is 18.5 Å². The summed E-state index contributed by atoms with van der Waals surface area (Å²) in [6, 6.07) is 12.4. The highest BCUT2D eigenvalue weighted by molar-refractivity contribution is 5.72. The zero-order valence-electron chi connectivity index (χ0n) is 16.4. The molecule has 9 heteroatoms. The van der Waals surface area contributed by atoms with E-state index in [0.29, 0.717) is 24.3 Å². The zero-order chi connectivity index (χ0) is 21.1. The highest BCUT2D eigenvalue weighted by Gasteiger charge is 2.32. The molecule has 8 nitrogen and oxygen atoms in total. The first-order chi connectivity index (χ1) is 14.5. The number of nitrogens with zero attached hydrogens (tertiary/aromatic N) is 4. The molecule has 3 aromatic rings. The number of aromatic nitrogens is 3. The van der Waals surface area contributed by atoms with Crippen LogP contribution in [-0.2, 0) is 16.1 Å². The lowest BCUT2D eigenvalue weighted by molar-refractivity contribution is -0.121. The number of anilines is 1.